The average molecular weight is 306 g/mol. The van der Waals surface area contributed by atoms with Crippen LogP contribution in [0.2, 0.25) is 5.02 Å². The van der Waals surface area contributed by atoms with E-state index in [0.29, 0.717) is 11.6 Å². The second kappa shape index (κ2) is 8.03. The largest absolute Gasteiger partial charge is 0.483 e. The third-order valence-electron chi connectivity index (χ3n) is 3.23. The number of hydrogen-bond donors (Lipinski definition) is 1. The molecule has 0 saturated heterocycles. The molecule has 4 heteroatoms. The van der Waals surface area contributed by atoms with Gasteiger partial charge in [-0.2, -0.15) is 0 Å². The lowest BCUT2D eigenvalue weighted by atomic mass is 10.0. The first kappa shape index (κ1) is 15.8. The fourth-order valence-electron chi connectivity index (χ4n) is 2.20. The molecule has 1 N–H and O–H groups in total. The maximum Gasteiger partial charge on any atom is 0.151 e. The van der Waals surface area contributed by atoms with Crippen LogP contribution in [0.15, 0.2) is 54.6 Å². The van der Waals surface area contributed by atoms with Crippen LogP contribution in [-0.4, -0.2) is 26.8 Å². The van der Waals surface area contributed by atoms with Crippen LogP contribution in [0.3, 0.4) is 0 Å². The second-order valence-electron chi connectivity index (χ2n) is 4.74. The fourth-order valence-corrected chi connectivity index (χ4v) is 2.40. The Morgan fingerprint density at radius 1 is 1.10 bits per heavy atom. The van der Waals surface area contributed by atoms with Crippen LogP contribution < -0.4 is 10.1 Å². The molecule has 0 heterocycles. The molecular weight excluding hydrogens is 286 g/mol. The number of para-hydroxylation sites is 1. The molecule has 0 aliphatic heterocycles. The van der Waals surface area contributed by atoms with Gasteiger partial charge in [0.2, 0.25) is 0 Å². The van der Waals surface area contributed by atoms with Crippen LogP contribution in [0, 0.1) is 0 Å². The van der Waals surface area contributed by atoms with E-state index in [0.717, 1.165) is 11.3 Å². The molecule has 2 atom stereocenters. The highest BCUT2D eigenvalue weighted by Gasteiger charge is 2.25. The van der Waals surface area contributed by atoms with Gasteiger partial charge in [-0.25, -0.2) is 0 Å². The summed E-state index contributed by atoms with van der Waals surface area (Å²) < 4.78 is 11.7. The number of likely N-dealkylation sites (N-methyl/N-ethyl adjacent to an activating group) is 1. The molecule has 0 bridgehead atoms. The van der Waals surface area contributed by atoms with Crippen molar-refractivity contribution in [1.82, 2.24) is 5.32 Å². The molecule has 3 nitrogen and oxygen atoms in total. The van der Waals surface area contributed by atoms with Gasteiger partial charge in [0, 0.05) is 18.7 Å². The van der Waals surface area contributed by atoms with Gasteiger partial charge in [-0.05, 0) is 36.9 Å². The van der Waals surface area contributed by atoms with Crippen LogP contribution in [0.1, 0.15) is 11.7 Å². The van der Waals surface area contributed by atoms with Gasteiger partial charge in [0.05, 0.1) is 0 Å². The molecule has 0 aliphatic rings. The van der Waals surface area contributed by atoms with Crippen LogP contribution >= 0.6 is 11.6 Å². The molecular formula is C17H20ClNO2. The Morgan fingerprint density at radius 2 is 1.86 bits per heavy atom. The lowest BCUT2D eigenvalue weighted by Crippen LogP contribution is -2.34. The Labute approximate surface area is 130 Å². The molecule has 0 fully saturated rings. The highest BCUT2D eigenvalue weighted by molar-refractivity contribution is 6.30. The molecule has 0 aromatic heterocycles. The Kier molecular flexibility index (Phi) is 6.05. The van der Waals surface area contributed by atoms with E-state index in [1.54, 1.807) is 7.11 Å². The number of ether oxygens (including phenoxy) is 2. The van der Waals surface area contributed by atoms with Gasteiger partial charge in [-0.15, -0.1) is 0 Å². The minimum Gasteiger partial charge on any atom is -0.483 e. The summed E-state index contributed by atoms with van der Waals surface area (Å²) in [7, 11) is 3.58. The first-order valence-corrected chi connectivity index (χ1v) is 7.27. The van der Waals surface area contributed by atoms with Crippen molar-refractivity contribution in [3.05, 3.63) is 65.2 Å². The van der Waals surface area contributed by atoms with Gasteiger partial charge >= 0.3 is 0 Å². The Morgan fingerprint density at radius 3 is 2.48 bits per heavy atom. The van der Waals surface area contributed by atoms with Gasteiger partial charge in [0.15, 0.2) is 6.10 Å². The standard InChI is InChI=1S/C17H20ClNO2/c1-19-12-16(20-2)17(13-7-6-8-14(18)11-13)21-15-9-4-3-5-10-15/h3-11,16-17,19H,12H2,1-2H3. The summed E-state index contributed by atoms with van der Waals surface area (Å²) in [5.74, 6) is 0.806. The highest BCUT2D eigenvalue weighted by atomic mass is 35.5. The minimum absolute atomic E-state index is 0.117. The van der Waals surface area contributed by atoms with Crippen molar-refractivity contribution in [2.24, 2.45) is 0 Å². The zero-order valence-electron chi connectivity index (χ0n) is 12.3. The molecule has 2 aromatic rings. The van der Waals surface area contributed by atoms with E-state index in [9.17, 15) is 0 Å². The normalized spacial score (nSPS) is 13.7. The zero-order chi connectivity index (χ0) is 15.1. The number of benzene rings is 2. The molecule has 0 radical (unpaired) electrons. The van der Waals surface area contributed by atoms with Crippen LogP contribution in [0.4, 0.5) is 0 Å². The Hall–Kier alpha value is -1.55. The van der Waals surface area contributed by atoms with Gasteiger partial charge < -0.3 is 14.8 Å². The maximum absolute atomic E-state index is 6.14. The predicted molar refractivity (Wildman–Crippen MR) is 86.0 cm³/mol. The quantitative estimate of drug-likeness (QED) is 0.846. The lowest BCUT2D eigenvalue weighted by molar-refractivity contribution is 0.00260. The number of rotatable bonds is 7. The summed E-state index contributed by atoms with van der Waals surface area (Å²) in [6.45, 7) is 0.681. The predicted octanol–water partition coefficient (Wildman–Crippen LogP) is 3.69. The minimum atomic E-state index is -0.233. The van der Waals surface area contributed by atoms with E-state index < -0.39 is 0 Å². The molecule has 2 unspecified atom stereocenters. The van der Waals surface area contributed by atoms with E-state index >= 15 is 0 Å². The van der Waals surface area contributed by atoms with E-state index in [1.807, 2.05) is 61.6 Å². The molecule has 0 spiro atoms. The molecule has 21 heavy (non-hydrogen) atoms. The number of methoxy groups -OCH3 is 1. The molecule has 0 amide bonds. The average Bonchev–Trinajstić information content (AvgIpc) is 2.52. The first-order chi connectivity index (χ1) is 10.2. The van der Waals surface area contributed by atoms with E-state index in [-0.39, 0.29) is 12.2 Å². The summed E-state index contributed by atoms with van der Waals surface area (Å²) in [4.78, 5) is 0. The fraction of sp³-hybridized carbons (Fsp3) is 0.294. The maximum atomic E-state index is 6.14. The Bertz CT molecular complexity index is 547. The van der Waals surface area contributed by atoms with Crippen molar-refractivity contribution in [3.63, 3.8) is 0 Å². The summed E-state index contributed by atoms with van der Waals surface area (Å²) in [6, 6.07) is 17.4. The number of halogens is 1. The van der Waals surface area contributed by atoms with Gasteiger partial charge in [0.1, 0.15) is 11.9 Å². The van der Waals surface area contributed by atoms with Crippen molar-refractivity contribution < 1.29 is 9.47 Å². The monoisotopic (exact) mass is 305 g/mol. The second-order valence-corrected chi connectivity index (χ2v) is 5.17. The molecule has 112 valence electrons. The molecule has 2 aromatic carbocycles. The van der Waals surface area contributed by atoms with Crippen molar-refractivity contribution >= 4 is 11.6 Å². The summed E-state index contributed by atoms with van der Waals surface area (Å²) in [5, 5.41) is 3.82. The third-order valence-corrected chi connectivity index (χ3v) is 3.46. The van der Waals surface area contributed by atoms with Gasteiger partial charge in [-0.1, -0.05) is 41.9 Å². The zero-order valence-corrected chi connectivity index (χ0v) is 13.0. The lowest BCUT2D eigenvalue weighted by Gasteiger charge is -2.27. The molecule has 0 aliphatic carbocycles. The van der Waals surface area contributed by atoms with Crippen LogP contribution in [-0.2, 0) is 4.74 Å². The highest BCUT2D eigenvalue weighted by Crippen LogP contribution is 2.27. The molecule has 0 saturated carbocycles. The van der Waals surface area contributed by atoms with Crippen molar-refractivity contribution in [2.45, 2.75) is 12.2 Å². The van der Waals surface area contributed by atoms with E-state index in [1.165, 1.54) is 0 Å². The van der Waals surface area contributed by atoms with Gasteiger partial charge in [-0.3, -0.25) is 0 Å². The van der Waals surface area contributed by atoms with Gasteiger partial charge in [0.25, 0.3) is 0 Å². The van der Waals surface area contributed by atoms with Crippen LogP contribution in [0.25, 0.3) is 0 Å². The molecule has 2 rings (SSSR count). The Balaban J connectivity index is 2.29. The van der Waals surface area contributed by atoms with Crippen molar-refractivity contribution in [3.8, 4) is 5.75 Å². The third kappa shape index (κ3) is 4.46. The number of nitrogens with one attached hydrogen (secondary N) is 1. The van der Waals surface area contributed by atoms with E-state index in [4.69, 9.17) is 21.1 Å². The SMILES string of the molecule is CNCC(OC)C(Oc1ccccc1)c1cccc(Cl)c1. The summed E-state index contributed by atoms with van der Waals surface area (Å²) in [5.41, 5.74) is 0.994. The first-order valence-electron chi connectivity index (χ1n) is 6.89. The summed E-state index contributed by atoms with van der Waals surface area (Å²) >= 11 is 6.10. The summed E-state index contributed by atoms with van der Waals surface area (Å²) in [6.07, 6.45) is -0.350. The van der Waals surface area contributed by atoms with Crippen LogP contribution in [0.5, 0.6) is 5.75 Å². The number of hydrogen-bond acceptors (Lipinski definition) is 3. The van der Waals surface area contributed by atoms with Crippen molar-refractivity contribution in [1.29, 1.82) is 0 Å². The van der Waals surface area contributed by atoms with E-state index in [2.05, 4.69) is 5.32 Å². The van der Waals surface area contributed by atoms with Crippen molar-refractivity contribution in [2.75, 3.05) is 20.7 Å². The topological polar surface area (TPSA) is 30.5 Å². The smallest absolute Gasteiger partial charge is 0.151 e.